The number of nitrogens with zero attached hydrogens (tertiary/aromatic N) is 2. The lowest BCUT2D eigenvalue weighted by molar-refractivity contribution is 0.141. The lowest BCUT2D eigenvalue weighted by Crippen LogP contribution is -2.11. The molecule has 1 aromatic carbocycles. The molecule has 0 unspecified atom stereocenters. The van der Waals surface area contributed by atoms with E-state index in [4.69, 9.17) is 10.3 Å². The van der Waals surface area contributed by atoms with Gasteiger partial charge in [0.2, 0.25) is 5.82 Å². The summed E-state index contributed by atoms with van der Waals surface area (Å²) in [6, 6.07) is 7.89. The highest BCUT2D eigenvalue weighted by atomic mass is 32.2. The minimum atomic E-state index is -0.902. The number of benzene rings is 1. The third-order valence-corrected chi connectivity index (χ3v) is 3.27. The average Bonchev–Trinajstić information content (AvgIpc) is 2.89. The Morgan fingerprint density at radius 1 is 1.39 bits per heavy atom. The summed E-state index contributed by atoms with van der Waals surface area (Å²) >= 11 is 1.77. The van der Waals surface area contributed by atoms with Crippen LogP contribution in [0.2, 0.25) is 0 Å². The molecule has 1 aromatic heterocycles. The van der Waals surface area contributed by atoms with Crippen LogP contribution in [-0.4, -0.2) is 27.5 Å². The van der Waals surface area contributed by atoms with Gasteiger partial charge in [-0.3, -0.25) is 0 Å². The van der Waals surface area contributed by atoms with E-state index in [1.807, 2.05) is 24.3 Å². The van der Waals surface area contributed by atoms with Crippen molar-refractivity contribution in [3.8, 4) is 11.4 Å². The van der Waals surface area contributed by atoms with Crippen LogP contribution in [0, 0.1) is 0 Å². The van der Waals surface area contributed by atoms with Gasteiger partial charge in [0.15, 0.2) is 0 Å². The molecule has 0 saturated heterocycles. The van der Waals surface area contributed by atoms with E-state index >= 15 is 0 Å². The molecule has 2 rings (SSSR count). The van der Waals surface area contributed by atoms with E-state index in [0.29, 0.717) is 5.82 Å². The average molecular weight is 265 g/mol. The van der Waals surface area contributed by atoms with Crippen molar-refractivity contribution in [3.05, 3.63) is 30.2 Å². The van der Waals surface area contributed by atoms with Gasteiger partial charge in [-0.15, -0.1) is 11.8 Å². The number of rotatable bonds is 5. The fourth-order valence-corrected chi connectivity index (χ4v) is 2.12. The van der Waals surface area contributed by atoms with Crippen LogP contribution < -0.4 is 5.73 Å². The van der Waals surface area contributed by atoms with Crippen molar-refractivity contribution in [2.75, 3.05) is 12.3 Å². The van der Waals surface area contributed by atoms with Crippen LogP contribution in [0.15, 0.2) is 33.7 Å². The Balaban J connectivity index is 2.18. The van der Waals surface area contributed by atoms with Gasteiger partial charge in [0.05, 0.1) is 0 Å². The van der Waals surface area contributed by atoms with E-state index in [0.717, 1.165) is 11.3 Å². The predicted molar refractivity (Wildman–Crippen MR) is 70.1 cm³/mol. The normalized spacial score (nSPS) is 12.6. The van der Waals surface area contributed by atoms with Crippen LogP contribution in [0.4, 0.5) is 0 Å². The van der Waals surface area contributed by atoms with E-state index in [1.165, 1.54) is 4.90 Å². The Morgan fingerprint density at radius 2 is 2.11 bits per heavy atom. The second kappa shape index (κ2) is 5.99. The van der Waals surface area contributed by atoms with Crippen LogP contribution in [0.3, 0.4) is 0 Å². The van der Waals surface area contributed by atoms with Crippen molar-refractivity contribution < 1.29 is 9.63 Å². The summed E-state index contributed by atoms with van der Waals surface area (Å²) in [6.45, 7) is 2.17. The molecule has 6 heteroatoms. The number of aromatic nitrogens is 2. The fraction of sp³-hybridized carbons (Fsp3) is 0.333. The van der Waals surface area contributed by atoms with Gasteiger partial charge in [0.1, 0.15) is 6.10 Å². The standard InChI is InChI=1S/C12H15N3O2S/c1-2-18-9-5-3-8(4-6-9)11-14-12(17-15-11)10(16)7-13/h3-6,10,16H,2,7,13H2,1H3/t10-/m0/s1. The van der Waals surface area contributed by atoms with Gasteiger partial charge in [-0.05, 0) is 30.0 Å². The first-order valence-electron chi connectivity index (χ1n) is 5.69. The van der Waals surface area contributed by atoms with Crippen molar-refractivity contribution in [2.24, 2.45) is 5.73 Å². The second-order valence-electron chi connectivity index (χ2n) is 3.67. The molecule has 18 heavy (non-hydrogen) atoms. The first-order chi connectivity index (χ1) is 8.74. The topological polar surface area (TPSA) is 85.2 Å². The highest BCUT2D eigenvalue weighted by Gasteiger charge is 2.15. The highest BCUT2D eigenvalue weighted by molar-refractivity contribution is 7.99. The zero-order valence-corrected chi connectivity index (χ0v) is 10.9. The summed E-state index contributed by atoms with van der Waals surface area (Å²) in [4.78, 5) is 5.31. The lowest BCUT2D eigenvalue weighted by Gasteiger charge is -1.99. The van der Waals surface area contributed by atoms with Crippen molar-refractivity contribution >= 4 is 11.8 Å². The van der Waals surface area contributed by atoms with Gasteiger partial charge in [0, 0.05) is 17.0 Å². The maximum Gasteiger partial charge on any atom is 0.257 e. The number of hydrogen-bond donors (Lipinski definition) is 2. The molecule has 0 bridgehead atoms. The molecule has 0 fully saturated rings. The first-order valence-corrected chi connectivity index (χ1v) is 6.68. The molecule has 3 N–H and O–H groups in total. The van der Waals surface area contributed by atoms with Gasteiger partial charge < -0.3 is 15.4 Å². The Morgan fingerprint density at radius 3 is 2.72 bits per heavy atom. The summed E-state index contributed by atoms with van der Waals surface area (Å²) in [5.41, 5.74) is 6.18. The Bertz CT molecular complexity index is 498. The zero-order chi connectivity index (χ0) is 13.0. The lowest BCUT2D eigenvalue weighted by atomic mass is 10.2. The van der Waals surface area contributed by atoms with Crippen molar-refractivity contribution in [1.29, 1.82) is 0 Å². The van der Waals surface area contributed by atoms with Crippen LogP contribution in [-0.2, 0) is 0 Å². The number of aliphatic hydroxyl groups excluding tert-OH is 1. The molecular weight excluding hydrogens is 250 g/mol. The number of aliphatic hydroxyl groups is 1. The molecule has 1 heterocycles. The molecule has 96 valence electrons. The molecule has 0 spiro atoms. The molecule has 0 aliphatic heterocycles. The van der Waals surface area contributed by atoms with Crippen molar-refractivity contribution in [2.45, 2.75) is 17.9 Å². The minimum absolute atomic E-state index is 0.0632. The first kappa shape index (κ1) is 13.1. The van der Waals surface area contributed by atoms with Crippen LogP contribution >= 0.6 is 11.8 Å². The van der Waals surface area contributed by atoms with Gasteiger partial charge in [-0.1, -0.05) is 12.1 Å². The van der Waals surface area contributed by atoms with E-state index in [1.54, 1.807) is 11.8 Å². The maximum absolute atomic E-state index is 9.48. The van der Waals surface area contributed by atoms with Gasteiger partial charge >= 0.3 is 0 Å². The summed E-state index contributed by atoms with van der Waals surface area (Å²) in [6.07, 6.45) is -0.902. The van der Waals surface area contributed by atoms with E-state index in [2.05, 4.69) is 17.1 Å². The maximum atomic E-state index is 9.48. The molecule has 0 aliphatic rings. The Kier molecular flexibility index (Phi) is 4.35. The second-order valence-corrected chi connectivity index (χ2v) is 5.00. The molecule has 0 radical (unpaired) electrons. The summed E-state index contributed by atoms with van der Waals surface area (Å²) < 4.78 is 4.95. The van der Waals surface area contributed by atoms with E-state index in [-0.39, 0.29) is 12.4 Å². The largest absolute Gasteiger partial charge is 0.382 e. The predicted octanol–water partition coefficient (Wildman–Crippen LogP) is 1.84. The van der Waals surface area contributed by atoms with Gasteiger partial charge in [0.25, 0.3) is 5.89 Å². The fourth-order valence-electron chi connectivity index (χ4n) is 1.46. The Hall–Kier alpha value is -1.37. The summed E-state index contributed by atoms with van der Waals surface area (Å²) in [5, 5.41) is 13.3. The monoisotopic (exact) mass is 265 g/mol. The van der Waals surface area contributed by atoms with Gasteiger partial charge in [-0.2, -0.15) is 4.98 Å². The third kappa shape index (κ3) is 2.90. The smallest absolute Gasteiger partial charge is 0.257 e. The number of hydrogen-bond acceptors (Lipinski definition) is 6. The molecular formula is C12H15N3O2S. The van der Waals surface area contributed by atoms with Crippen molar-refractivity contribution in [1.82, 2.24) is 10.1 Å². The highest BCUT2D eigenvalue weighted by Crippen LogP contribution is 2.23. The summed E-state index contributed by atoms with van der Waals surface area (Å²) in [7, 11) is 0. The van der Waals surface area contributed by atoms with Crippen molar-refractivity contribution in [3.63, 3.8) is 0 Å². The minimum Gasteiger partial charge on any atom is -0.382 e. The molecule has 5 nitrogen and oxygen atoms in total. The van der Waals surface area contributed by atoms with Crippen LogP contribution in [0.5, 0.6) is 0 Å². The molecule has 2 aromatic rings. The zero-order valence-electron chi connectivity index (χ0n) is 10.0. The SMILES string of the molecule is CCSc1ccc(-c2noc([C@@H](O)CN)n2)cc1. The third-order valence-electron chi connectivity index (χ3n) is 2.37. The van der Waals surface area contributed by atoms with E-state index < -0.39 is 6.10 Å². The van der Waals surface area contributed by atoms with Crippen LogP contribution in [0.25, 0.3) is 11.4 Å². The quantitative estimate of drug-likeness (QED) is 0.802. The molecule has 1 atom stereocenters. The molecule has 0 aliphatic carbocycles. The number of nitrogens with two attached hydrogens (primary N) is 1. The van der Waals surface area contributed by atoms with Crippen LogP contribution in [0.1, 0.15) is 18.9 Å². The van der Waals surface area contributed by atoms with E-state index in [9.17, 15) is 5.11 Å². The molecule has 0 amide bonds. The molecule has 0 saturated carbocycles. The van der Waals surface area contributed by atoms with Gasteiger partial charge in [-0.25, -0.2) is 0 Å². The summed E-state index contributed by atoms with van der Waals surface area (Å²) in [5.74, 6) is 1.65. The number of thioether (sulfide) groups is 1. The Labute approximate surface area is 109 Å².